The third kappa shape index (κ3) is 3.84. The van der Waals surface area contributed by atoms with Gasteiger partial charge >= 0.3 is 0 Å². The number of aryl methyl sites for hydroxylation is 1. The van der Waals surface area contributed by atoms with Gasteiger partial charge in [0.15, 0.2) is 0 Å². The maximum Gasteiger partial charge on any atom is 0.274 e. The molecule has 0 aliphatic carbocycles. The van der Waals surface area contributed by atoms with Gasteiger partial charge in [-0.15, -0.1) is 0 Å². The molecule has 29 heavy (non-hydrogen) atoms. The number of hydrogen-bond acceptors (Lipinski definition) is 6. The van der Waals surface area contributed by atoms with Crippen molar-refractivity contribution in [1.82, 2.24) is 24.8 Å². The Labute approximate surface area is 165 Å². The summed E-state index contributed by atoms with van der Waals surface area (Å²) in [6, 6.07) is 9.20. The molecule has 0 radical (unpaired) electrons. The van der Waals surface area contributed by atoms with Crippen molar-refractivity contribution >= 4 is 23.1 Å². The Morgan fingerprint density at radius 3 is 2.79 bits per heavy atom. The van der Waals surface area contributed by atoms with Crippen molar-refractivity contribution in [2.75, 3.05) is 5.32 Å². The Bertz CT molecular complexity index is 1200. The van der Waals surface area contributed by atoms with Crippen LogP contribution in [-0.4, -0.2) is 31.3 Å². The van der Waals surface area contributed by atoms with Crippen LogP contribution >= 0.6 is 0 Å². The first-order chi connectivity index (χ1) is 14.0. The largest absolute Gasteiger partial charge is 0.352 e. The molecule has 0 fully saturated rings. The molecule has 3 heterocycles. The van der Waals surface area contributed by atoms with Crippen LogP contribution in [-0.2, 0) is 11.3 Å². The van der Waals surface area contributed by atoms with Crippen LogP contribution in [0, 0.1) is 6.92 Å². The van der Waals surface area contributed by atoms with Gasteiger partial charge < -0.3 is 15.2 Å². The molecule has 0 aliphatic rings. The minimum Gasteiger partial charge on any atom is -0.352 e. The normalized spacial score (nSPS) is 10.8. The number of anilines is 1. The van der Waals surface area contributed by atoms with Gasteiger partial charge in [0, 0.05) is 30.9 Å². The fraction of sp³-hybridized carbons (Fsp3) is 0.150. The number of carbonyl (C=O) groups excluding carboxylic acids is 2. The topological polar surface area (TPSA) is 114 Å². The second-order valence-corrected chi connectivity index (χ2v) is 6.56. The van der Waals surface area contributed by atoms with E-state index in [1.165, 1.54) is 19.5 Å². The Hall–Kier alpha value is -4.01. The van der Waals surface area contributed by atoms with Crippen LogP contribution in [0.1, 0.15) is 28.5 Å². The molecule has 9 heteroatoms. The number of fused-ring (bicyclic) bond motifs is 1. The lowest BCUT2D eigenvalue weighted by atomic mass is 10.1. The Morgan fingerprint density at radius 1 is 1.17 bits per heavy atom. The van der Waals surface area contributed by atoms with Crippen LogP contribution in [0.4, 0.5) is 5.69 Å². The van der Waals surface area contributed by atoms with Gasteiger partial charge in [-0.05, 0) is 36.2 Å². The third-order valence-electron chi connectivity index (χ3n) is 4.46. The van der Waals surface area contributed by atoms with E-state index in [0.29, 0.717) is 29.4 Å². The molecule has 2 N–H and O–H groups in total. The molecule has 0 bridgehead atoms. The number of imidazole rings is 1. The molecule has 2 amide bonds. The number of hydrogen-bond donors (Lipinski definition) is 2. The van der Waals surface area contributed by atoms with E-state index >= 15 is 0 Å². The van der Waals surface area contributed by atoms with Crippen LogP contribution in [0.15, 0.2) is 53.6 Å². The number of nitrogens with one attached hydrogen (secondary N) is 2. The minimum absolute atomic E-state index is 0.105. The molecule has 9 nitrogen and oxygen atoms in total. The van der Waals surface area contributed by atoms with E-state index in [9.17, 15) is 9.59 Å². The third-order valence-corrected chi connectivity index (χ3v) is 4.46. The molecule has 0 unspecified atom stereocenters. The van der Waals surface area contributed by atoms with Crippen molar-refractivity contribution in [1.29, 1.82) is 0 Å². The van der Waals surface area contributed by atoms with Crippen LogP contribution in [0.2, 0.25) is 0 Å². The highest BCUT2D eigenvalue weighted by molar-refractivity contribution is 6.04. The lowest BCUT2D eigenvalue weighted by molar-refractivity contribution is -0.119. The fourth-order valence-corrected chi connectivity index (χ4v) is 2.91. The molecular formula is C20H18N6O3. The molecule has 1 aromatic carbocycles. The second-order valence-electron chi connectivity index (χ2n) is 6.56. The van der Waals surface area contributed by atoms with Crippen molar-refractivity contribution in [3.05, 3.63) is 65.9 Å². The highest BCUT2D eigenvalue weighted by Crippen LogP contribution is 2.23. The van der Waals surface area contributed by atoms with Gasteiger partial charge in [-0.3, -0.25) is 14.0 Å². The standard InChI is InChI=1S/C20H18N6O3/c1-12-3-4-15(19-23-11-29-25-19)8-16(12)24-20(28)17-10-22-18-7-14(5-6-26(17)18)9-21-13(2)27/h3-8,10-11H,9H2,1-2H3,(H,21,27)(H,24,28). The summed E-state index contributed by atoms with van der Waals surface area (Å²) < 4.78 is 6.48. The predicted octanol–water partition coefficient (Wildman–Crippen LogP) is 2.58. The molecule has 3 aromatic heterocycles. The molecule has 0 atom stereocenters. The van der Waals surface area contributed by atoms with E-state index in [-0.39, 0.29) is 11.8 Å². The average Bonchev–Trinajstić information content (AvgIpc) is 3.37. The molecule has 0 saturated heterocycles. The van der Waals surface area contributed by atoms with Crippen molar-refractivity contribution in [2.45, 2.75) is 20.4 Å². The van der Waals surface area contributed by atoms with Gasteiger partial charge in [0.25, 0.3) is 5.91 Å². The zero-order valence-corrected chi connectivity index (χ0v) is 15.8. The summed E-state index contributed by atoms with van der Waals surface area (Å²) >= 11 is 0. The maximum absolute atomic E-state index is 12.9. The Balaban J connectivity index is 1.58. The summed E-state index contributed by atoms with van der Waals surface area (Å²) in [5, 5.41) is 9.48. The van der Waals surface area contributed by atoms with Gasteiger partial charge in [0.2, 0.25) is 18.1 Å². The summed E-state index contributed by atoms with van der Waals surface area (Å²) in [6.45, 7) is 3.77. The van der Waals surface area contributed by atoms with E-state index in [4.69, 9.17) is 4.52 Å². The van der Waals surface area contributed by atoms with Crippen LogP contribution in [0.25, 0.3) is 17.0 Å². The van der Waals surface area contributed by atoms with Crippen LogP contribution < -0.4 is 10.6 Å². The molecule has 146 valence electrons. The number of carbonyl (C=O) groups is 2. The number of benzene rings is 1. The molecular weight excluding hydrogens is 372 g/mol. The molecule has 4 aromatic rings. The van der Waals surface area contributed by atoms with E-state index in [0.717, 1.165) is 16.7 Å². The number of nitrogens with zero attached hydrogens (tertiary/aromatic N) is 4. The fourth-order valence-electron chi connectivity index (χ4n) is 2.91. The van der Waals surface area contributed by atoms with E-state index in [1.54, 1.807) is 16.7 Å². The summed E-state index contributed by atoms with van der Waals surface area (Å²) in [5.41, 5.74) is 4.20. The van der Waals surface area contributed by atoms with Crippen molar-refractivity contribution in [3.63, 3.8) is 0 Å². The number of amides is 2. The Kier molecular flexibility index (Phi) is 4.78. The first-order valence-corrected chi connectivity index (χ1v) is 8.90. The molecule has 0 aliphatic heterocycles. The maximum atomic E-state index is 12.9. The minimum atomic E-state index is -0.291. The monoisotopic (exact) mass is 390 g/mol. The smallest absolute Gasteiger partial charge is 0.274 e. The van der Waals surface area contributed by atoms with E-state index in [2.05, 4.69) is 25.8 Å². The summed E-state index contributed by atoms with van der Waals surface area (Å²) in [6.07, 6.45) is 4.54. The van der Waals surface area contributed by atoms with Gasteiger partial charge in [0.05, 0.1) is 6.20 Å². The van der Waals surface area contributed by atoms with Crippen molar-refractivity contribution in [2.24, 2.45) is 0 Å². The number of pyridine rings is 1. The van der Waals surface area contributed by atoms with Gasteiger partial charge in [-0.1, -0.05) is 17.3 Å². The van der Waals surface area contributed by atoms with E-state index < -0.39 is 0 Å². The molecule has 0 saturated carbocycles. The lowest BCUT2D eigenvalue weighted by Gasteiger charge is -2.10. The first kappa shape index (κ1) is 18.4. The van der Waals surface area contributed by atoms with Crippen LogP contribution in [0.3, 0.4) is 0 Å². The molecule has 0 spiro atoms. The summed E-state index contributed by atoms with van der Waals surface area (Å²) in [4.78, 5) is 32.3. The highest BCUT2D eigenvalue weighted by atomic mass is 16.5. The zero-order chi connectivity index (χ0) is 20.4. The first-order valence-electron chi connectivity index (χ1n) is 8.90. The number of rotatable bonds is 5. The summed E-state index contributed by atoms with van der Waals surface area (Å²) in [5.74, 6) is 0.0502. The van der Waals surface area contributed by atoms with E-state index in [1.807, 2.05) is 31.2 Å². The van der Waals surface area contributed by atoms with Crippen molar-refractivity contribution in [3.8, 4) is 11.4 Å². The molecule has 4 rings (SSSR count). The lowest BCUT2D eigenvalue weighted by Crippen LogP contribution is -2.19. The quantitative estimate of drug-likeness (QED) is 0.541. The second kappa shape index (κ2) is 7.55. The van der Waals surface area contributed by atoms with Crippen LogP contribution in [0.5, 0.6) is 0 Å². The SMILES string of the molecule is CC(=O)NCc1ccn2c(C(=O)Nc3cc(-c4ncon4)ccc3C)cnc2c1. The van der Waals surface area contributed by atoms with Gasteiger partial charge in [-0.2, -0.15) is 4.98 Å². The van der Waals surface area contributed by atoms with Crippen molar-refractivity contribution < 1.29 is 14.1 Å². The predicted molar refractivity (Wildman–Crippen MR) is 105 cm³/mol. The Morgan fingerprint density at radius 2 is 2.03 bits per heavy atom. The average molecular weight is 390 g/mol. The van der Waals surface area contributed by atoms with Gasteiger partial charge in [0.1, 0.15) is 11.3 Å². The summed E-state index contributed by atoms with van der Waals surface area (Å²) in [7, 11) is 0. The highest BCUT2D eigenvalue weighted by Gasteiger charge is 2.15. The number of aromatic nitrogens is 4. The zero-order valence-electron chi connectivity index (χ0n) is 15.8. The van der Waals surface area contributed by atoms with Gasteiger partial charge in [-0.25, -0.2) is 4.98 Å².